The second-order valence-electron chi connectivity index (χ2n) is 7.58. The highest BCUT2D eigenvalue weighted by Crippen LogP contribution is 2.26. The van der Waals surface area contributed by atoms with E-state index in [-0.39, 0.29) is 37.0 Å². The van der Waals surface area contributed by atoms with E-state index >= 15 is 0 Å². The average molecular weight is 496 g/mol. The van der Waals surface area contributed by atoms with Crippen LogP contribution in [-0.2, 0) is 11.3 Å². The minimum absolute atomic E-state index is 0.00115. The Bertz CT molecular complexity index is 1420. The summed E-state index contributed by atoms with van der Waals surface area (Å²) in [6, 6.07) is 13.1. The van der Waals surface area contributed by atoms with Gasteiger partial charge < -0.3 is 10.5 Å². The predicted molar refractivity (Wildman–Crippen MR) is 134 cm³/mol. The van der Waals surface area contributed by atoms with Crippen molar-refractivity contribution in [3.05, 3.63) is 74.5 Å². The zero-order valence-corrected chi connectivity index (χ0v) is 20.1. The van der Waals surface area contributed by atoms with Gasteiger partial charge >= 0.3 is 5.69 Å². The van der Waals surface area contributed by atoms with E-state index in [1.165, 1.54) is 23.0 Å². The largest absolute Gasteiger partial charge is 0.383 e. The number of methoxy groups -OCH3 is 1. The zero-order chi connectivity index (χ0) is 24.9. The smallest absolute Gasteiger partial charge is 0.330 e. The average Bonchev–Trinajstić information content (AvgIpc) is 3.54. The van der Waals surface area contributed by atoms with E-state index in [1.54, 1.807) is 4.68 Å². The van der Waals surface area contributed by atoms with Gasteiger partial charge in [0.25, 0.3) is 11.5 Å². The van der Waals surface area contributed by atoms with Gasteiger partial charge in [-0.05, 0) is 30.0 Å². The molecule has 0 radical (unpaired) electrons. The topological polar surface area (TPSA) is 141 Å². The Kier molecular flexibility index (Phi) is 7.22. The number of hydrogen-bond donors (Lipinski definition) is 2. The van der Waals surface area contributed by atoms with E-state index in [9.17, 15) is 14.4 Å². The number of aromatic nitrogens is 5. The van der Waals surface area contributed by atoms with Gasteiger partial charge in [-0.25, -0.2) is 14.5 Å². The van der Waals surface area contributed by atoms with Crippen molar-refractivity contribution < 1.29 is 9.53 Å². The first-order valence-electron chi connectivity index (χ1n) is 11.0. The van der Waals surface area contributed by atoms with Crippen LogP contribution in [0.5, 0.6) is 0 Å². The number of carbonyl (C=O) groups is 1. The lowest BCUT2D eigenvalue weighted by atomic mass is 10.3. The quantitative estimate of drug-likeness (QED) is 0.362. The first-order chi connectivity index (χ1) is 17.0. The van der Waals surface area contributed by atoms with Crippen molar-refractivity contribution in [2.24, 2.45) is 0 Å². The summed E-state index contributed by atoms with van der Waals surface area (Å²) in [4.78, 5) is 47.6. The van der Waals surface area contributed by atoms with E-state index in [1.807, 2.05) is 54.8 Å². The molecule has 12 heteroatoms. The molecule has 0 bridgehead atoms. The minimum atomic E-state index is -0.773. The summed E-state index contributed by atoms with van der Waals surface area (Å²) in [5, 5.41) is 6.39. The Morgan fingerprint density at radius 3 is 2.63 bits per heavy atom. The van der Waals surface area contributed by atoms with Crippen LogP contribution < -0.4 is 21.9 Å². The molecule has 182 valence electrons. The van der Waals surface area contributed by atoms with Crippen molar-refractivity contribution in [2.45, 2.75) is 19.9 Å². The van der Waals surface area contributed by atoms with Crippen molar-refractivity contribution in [1.29, 1.82) is 0 Å². The maximum atomic E-state index is 13.7. The van der Waals surface area contributed by atoms with Gasteiger partial charge in [0, 0.05) is 13.7 Å². The summed E-state index contributed by atoms with van der Waals surface area (Å²) < 4.78 is 7.97. The molecule has 0 aliphatic rings. The Morgan fingerprint density at radius 1 is 1.20 bits per heavy atom. The molecular formula is C23H25N7O4S. The molecule has 4 aromatic rings. The van der Waals surface area contributed by atoms with Crippen LogP contribution in [0.4, 0.5) is 11.5 Å². The van der Waals surface area contributed by atoms with Crippen LogP contribution in [0.25, 0.3) is 16.4 Å². The van der Waals surface area contributed by atoms with Gasteiger partial charge in [0.2, 0.25) is 5.82 Å². The Labute approximate surface area is 204 Å². The van der Waals surface area contributed by atoms with Crippen molar-refractivity contribution in [2.75, 3.05) is 30.9 Å². The van der Waals surface area contributed by atoms with E-state index < -0.39 is 17.2 Å². The molecule has 0 aliphatic carbocycles. The highest BCUT2D eigenvalue weighted by Gasteiger charge is 2.29. The predicted octanol–water partition coefficient (Wildman–Crippen LogP) is 2.13. The Balaban J connectivity index is 1.85. The van der Waals surface area contributed by atoms with Gasteiger partial charge in [-0.15, -0.1) is 16.4 Å². The number of nitrogens with two attached hydrogens (primary N) is 1. The number of rotatable bonds is 9. The lowest BCUT2D eigenvalue weighted by molar-refractivity contribution is 0.0965. The van der Waals surface area contributed by atoms with Crippen LogP contribution in [-0.4, -0.2) is 50.5 Å². The molecule has 11 nitrogen and oxygen atoms in total. The molecule has 0 saturated heterocycles. The SMILES string of the molecule is CCCn1c(N)c(N(CCOC)C(=O)c2nc(-c3cccs3)n(-c3ccccc3)n2)c(=O)[nH]c1=O. The number of amides is 1. The van der Waals surface area contributed by atoms with Gasteiger partial charge in [0.1, 0.15) is 5.82 Å². The van der Waals surface area contributed by atoms with Crippen LogP contribution in [0.2, 0.25) is 0 Å². The summed E-state index contributed by atoms with van der Waals surface area (Å²) in [5.41, 5.74) is 5.40. The number of hydrogen-bond acceptors (Lipinski definition) is 8. The fourth-order valence-electron chi connectivity index (χ4n) is 3.62. The highest BCUT2D eigenvalue weighted by molar-refractivity contribution is 7.13. The van der Waals surface area contributed by atoms with Gasteiger partial charge in [-0.1, -0.05) is 31.2 Å². The van der Waals surface area contributed by atoms with Gasteiger partial charge in [0.05, 0.1) is 23.7 Å². The lowest BCUT2D eigenvalue weighted by Crippen LogP contribution is -2.43. The molecule has 3 N–H and O–H groups in total. The van der Waals surface area contributed by atoms with Crippen molar-refractivity contribution >= 4 is 28.7 Å². The monoisotopic (exact) mass is 495 g/mol. The second-order valence-corrected chi connectivity index (χ2v) is 8.53. The molecule has 0 atom stereocenters. The molecule has 3 aromatic heterocycles. The van der Waals surface area contributed by atoms with E-state index in [0.717, 1.165) is 15.5 Å². The maximum Gasteiger partial charge on any atom is 0.330 e. The van der Waals surface area contributed by atoms with Crippen molar-refractivity contribution in [1.82, 2.24) is 24.3 Å². The fourth-order valence-corrected chi connectivity index (χ4v) is 4.32. The summed E-state index contributed by atoms with van der Waals surface area (Å²) >= 11 is 1.46. The molecule has 4 rings (SSSR count). The number of benzene rings is 1. The number of nitrogen functional groups attached to an aromatic ring is 1. The summed E-state index contributed by atoms with van der Waals surface area (Å²) in [6.45, 7) is 2.27. The third-order valence-electron chi connectivity index (χ3n) is 5.24. The van der Waals surface area contributed by atoms with Crippen LogP contribution >= 0.6 is 11.3 Å². The number of ether oxygens (including phenoxy) is 1. The lowest BCUT2D eigenvalue weighted by Gasteiger charge is -2.23. The summed E-state index contributed by atoms with van der Waals surface area (Å²) in [5.74, 6) is -0.390. The van der Waals surface area contributed by atoms with Gasteiger partial charge in [-0.2, -0.15) is 0 Å². The van der Waals surface area contributed by atoms with Crippen LogP contribution in [0, 0.1) is 0 Å². The number of para-hydroxylation sites is 1. The maximum absolute atomic E-state index is 13.7. The van der Waals surface area contributed by atoms with E-state index in [4.69, 9.17) is 10.5 Å². The third-order valence-corrected chi connectivity index (χ3v) is 6.10. The normalized spacial score (nSPS) is 11.0. The van der Waals surface area contributed by atoms with E-state index in [0.29, 0.717) is 12.2 Å². The first kappa shape index (κ1) is 24.1. The van der Waals surface area contributed by atoms with Crippen LogP contribution in [0.3, 0.4) is 0 Å². The summed E-state index contributed by atoms with van der Waals surface area (Å²) in [7, 11) is 1.48. The number of nitrogens with zero attached hydrogens (tertiary/aromatic N) is 5. The summed E-state index contributed by atoms with van der Waals surface area (Å²) in [6.07, 6.45) is 0.606. The standard InChI is InChI=1S/C23H25N7O4S/c1-3-11-29-18(24)17(21(31)26-23(29)33)28(12-13-34-2)22(32)19-25-20(16-10-7-14-35-16)30(27-19)15-8-5-4-6-9-15/h4-10,14H,3,11-13,24H2,1-2H3,(H,26,31,33). The minimum Gasteiger partial charge on any atom is -0.383 e. The molecule has 3 heterocycles. The molecule has 0 spiro atoms. The number of nitrogens with one attached hydrogen (secondary N) is 1. The number of aromatic amines is 1. The number of anilines is 2. The molecule has 0 saturated carbocycles. The highest BCUT2D eigenvalue weighted by atomic mass is 32.1. The van der Waals surface area contributed by atoms with E-state index in [2.05, 4.69) is 15.1 Å². The molecule has 1 aromatic carbocycles. The van der Waals surface area contributed by atoms with Crippen molar-refractivity contribution in [3.8, 4) is 16.4 Å². The Hall–Kier alpha value is -4.03. The third kappa shape index (κ3) is 4.79. The zero-order valence-electron chi connectivity index (χ0n) is 19.3. The van der Waals surface area contributed by atoms with Crippen LogP contribution in [0.15, 0.2) is 57.4 Å². The molecule has 35 heavy (non-hydrogen) atoms. The first-order valence-corrected chi connectivity index (χ1v) is 11.8. The number of carbonyl (C=O) groups excluding carboxylic acids is 1. The molecule has 1 amide bonds. The molecular weight excluding hydrogens is 470 g/mol. The van der Waals surface area contributed by atoms with Gasteiger partial charge in [0.15, 0.2) is 11.5 Å². The van der Waals surface area contributed by atoms with Crippen molar-refractivity contribution in [3.63, 3.8) is 0 Å². The van der Waals surface area contributed by atoms with Gasteiger partial charge in [-0.3, -0.25) is 24.0 Å². The molecule has 0 aliphatic heterocycles. The Morgan fingerprint density at radius 2 is 1.97 bits per heavy atom. The van der Waals surface area contributed by atoms with Crippen LogP contribution in [0.1, 0.15) is 24.0 Å². The fraction of sp³-hybridized carbons (Fsp3) is 0.261. The number of H-pyrrole nitrogens is 1. The molecule has 0 fully saturated rings. The molecule has 0 unspecified atom stereocenters. The number of thiophene rings is 1. The second kappa shape index (κ2) is 10.5.